The number of hydrogen-bond donors (Lipinski definition) is 1. The van der Waals surface area contributed by atoms with Crippen molar-refractivity contribution < 1.29 is 9.90 Å². The van der Waals surface area contributed by atoms with Crippen molar-refractivity contribution in [1.29, 1.82) is 0 Å². The quantitative estimate of drug-likeness (QED) is 0.687. The molecule has 11 heavy (non-hydrogen) atoms. The SMILES string of the molecule is [NH]Cc1cccc(C(=O)O)c1. The van der Waals surface area contributed by atoms with Crippen molar-refractivity contribution in [2.24, 2.45) is 0 Å². The van der Waals surface area contributed by atoms with Gasteiger partial charge in [0.15, 0.2) is 0 Å². The second-order valence-electron chi connectivity index (χ2n) is 2.18. The number of hydrogen-bond acceptors (Lipinski definition) is 1. The maximum absolute atomic E-state index is 10.4. The van der Waals surface area contributed by atoms with Gasteiger partial charge in [-0.15, -0.1) is 0 Å². The van der Waals surface area contributed by atoms with E-state index in [2.05, 4.69) is 0 Å². The second-order valence-corrected chi connectivity index (χ2v) is 2.18. The average molecular weight is 150 g/mol. The van der Waals surface area contributed by atoms with Crippen LogP contribution in [0.5, 0.6) is 0 Å². The smallest absolute Gasteiger partial charge is 0.335 e. The predicted octanol–water partition coefficient (Wildman–Crippen LogP) is 1.17. The lowest BCUT2D eigenvalue weighted by molar-refractivity contribution is 0.0697. The van der Waals surface area contributed by atoms with E-state index >= 15 is 0 Å². The standard InChI is InChI=1S/C8H8NO2/c9-5-6-2-1-3-7(4-6)8(10)11/h1-4,9H,5H2,(H,10,11). The van der Waals surface area contributed by atoms with Crippen LogP contribution in [0.4, 0.5) is 0 Å². The van der Waals surface area contributed by atoms with Gasteiger partial charge < -0.3 is 5.11 Å². The van der Waals surface area contributed by atoms with Gasteiger partial charge in [0.1, 0.15) is 0 Å². The molecule has 0 aliphatic rings. The number of carbonyl (C=O) groups is 1. The molecule has 57 valence electrons. The average Bonchev–Trinajstić information content (AvgIpc) is 2.05. The second kappa shape index (κ2) is 3.16. The van der Waals surface area contributed by atoms with Crippen LogP contribution < -0.4 is 5.73 Å². The minimum Gasteiger partial charge on any atom is -0.478 e. The molecule has 0 saturated carbocycles. The van der Waals surface area contributed by atoms with Crippen molar-refractivity contribution in [2.75, 3.05) is 0 Å². The van der Waals surface area contributed by atoms with E-state index in [0.717, 1.165) is 5.56 Å². The molecule has 0 unspecified atom stereocenters. The Hall–Kier alpha value is -1.35. The molecule has 1 radical (unpaired) electrons. The normalized spacial score (nSPS) is 9.55. The molecule has 0 amide bonds. The largest absolute Gasteiger partial charge is 0.478 e. The molecule has 1 aromatic carbocycles. The number of carboxylic acid groups (broad SMARTS) is 1. The first-order valence-corrected chi connectivity index (χ1v) is 3.21. The van der Waals surface area contributed by atoms with Gasteiger partial charge in [0, 0.05) is 6.54 Å². The van der Waals surface area contributed by atoms with E-state index in [4.69, 9.17) is 10.8 Å². The van der Waals surface area contributed by atoms with E-state index < -0.39 is 5.97 Å². The number of aromatic carboxylic acids is 1. The minimum absolute atomic E-state index is 0.126. The molecular formula is C8H8NO2. The maximum atomic E-state index is 10.4. The van der Waals surface area contributed by atoms with Crippen molar-refractivity contribution in [3.8, 4) is 0 Å². The Kier molecular flexibility index (Phi) is 2.23. The van der Waals surface area contributed by atoms with Crippen molar-refractivity contribution in [1.82, 2.24) is 5.73 Å². The topological polar surface area (TPSA) is 61.1 Å². The van der Waals surface area contributed by atoms with Crippen molar-refractivity contribution >= 4 is 5.97 Å². The van der Waals surface area contributed by atoms with E-state index in [9.17, 15) is 4.79 Å². The Balaban J connectivity index is 3.01. The zero-order valence-electron chi connectivity index (χ0n) is 5.87. The van der Waals surface area contributed by atoms with Crippen LogP contribution in [0.3, 0.4) is 0 Å². The zero-order valence-corrected chi connectivity index (χ0v) is 5.87. The fraction of sp³-hybridized carbons (Fsp3) is 0.125. The highest BCUT2D eigenvalue weighted by Crippen LogP contribution is 2.04. The number of benzene rings is 1. The van der Waals surface area contributed by atoms with E-state index in [1.165, 1.54) is 12.1 Å². The van der Waals surface area contributed by atoms with Crippen LogP contribution in [-0.2, 0) is 6.54 Å². The molecule has 0 fully saturated rings. The third-order valence-corrected chi connectivity index (χ3v) is 1.38. The van der Waals surface area contributed by atoms with Gasteiger partial charge in [-0.2, -0.15) is 0 Å². The van der Waals surface area contributed by atoms with E-state index in [1.807, 2.05) is 0 Å². The van der Waals surface area contributed by atoms with E-state index in [0.29, 0.717) is 0 Å². The summed E-state index contributed by atoms with van der Waals surface area (Å²) in [6.45, 7) is 0.126. The zero-order chi connectivity index (χ0) is 8.27. The maximum Gasteiger partial charge on any atom is 0.335 e. The summed E-state index contributed by atoms with van der Waals surface area (Å²) in [5.41, 5.74) is 7.96. The summed E-state index contributed by atoms with van der Waals surface area (Å²) >= 11 is 0. The van der Waals surface area contributed by atoms with Gasteiger partial charge in [-0.3, -0.25) is 5.73 Å². The van der Waals surface area contributed by atoms with Crippen LogP contribution >= 0.6 is 0 Å². The number of nitrogens with one attached hydrogen (secondary N) is 1. The first-order valence-electron chi connectivity index (χ1n) is 3.21. The molecule has 0 bridgehead atoms. The first kappa shape index (κ1) is 7.75. The molecule has 0 aliphatic carbocycles. The van der Waals surface area contributed by atoms with Gasteiger partial charge in [-0.25, -0.2) is 4.79 Å². The molecule has 1 rings (SSSR count). The Labute approximate surface area is 64.5 Å². The van der Waals surface area contributed by atoms with Crippen LogP contribution in [0, 0.1) is 0 Å². The predicted molar refractivity (Wildman–Crippen MR) is 40.2 cm³/mol. The third kappa shape index (κ3) is 1.78. The molecule has 2 N–H and O–H groups in total. The molecule has 0 spiro atoms. The minimum atomic E-state index is -0.944. The Bertz CT molecular complexity index is 271. The Morgan fingerprint density at radius 1 is 1.55 bits per heavy atom. The number of rotatable bonds is 2. The molecule has 0 aromatic heterocycles. The van der Waals surface area contributed by atoms with Crippen LogP contribution in [0.1, 0.15) is 15.9 Å². The van der Waals surface area contributed by atoms with E-state index in [-0.39, 0.29) is 12.1 Å². The summed E-state index contributed by atoms with van der Waals surface area (Å²) in [5, 5.41) is 8.54. The lowest BCUT2D eigenvalue weighted by Gasteiger charge is -1.96. The summed E-state index contributed by atoms with van der Waals surface area (Å²) < 4.78 is 0. The summed E-state index contributed by atoms with van der Waals surface area (Å²) in [4.78, 5) is 10.4. The fourth-order valence-corrected chi connectivity index (χ4v) is 0.814. The highest BCUT2D eigenvalue weighted by atomic mass is 16.4. The molecule has 0 heterocycles. The van der Waals surface area contributed by atoms with Crippen LogP contribution in [0.25, 0.3) is 0 Å². The lowest BCUT2D eigenvalue weighted by Crippen LogP contribution is -1.97. The van der Waals surface area contributed by atoms with Gasteiger partial charge in [-0.1, -0.05) is 12.1 Å². The molecule has 0 saturated heterocycles. The van der Waals surface area contributed by atoms with Gasteiger partial charge in [0.05, 0.1) is 5.56 Å². The third-order valence-electron chi connectivity index (χ3n) is 1.38. The molecule has 0 atom stereocenters. The van der Waals surface area contributed by atoms with Gasteiger partial charge in [0.25, 0.3) is 0 Å². The summed E-state index contributed by atoms with van der Waals surface area (Å²) in [7, 11) is 0. The summed E-state index contributed by atoms with van der Waals surface area (Å²) in [5.74, 6) is -0.944. The first-order chi connectivity index (χ1) is 5.24. The van der Waals surface area contributed by atoms with E-state index in [1.54, 1.807) is 12.1 Å². The monoisotopic (exact) mass is 150 g/mol. The van der Waals surface area contributed by atoms with Crippen LogP contribution in [0.2, 0.25) is 0 Å². The summed E-state index contributed by atoms with van der Waals surface area (Å²) in [6.07, 6.45) is 0. The molecule has 3 nitrogen and oxygen atoms in total. The van der Waals surface area contributed by atoms with Crippen molar-refractivity contribution in [3.63, 3.8) is 0 Å². The lowest BCUT2D eigenvalue weighted by atomic mass is 10.1. The highest BCUT2D eigenvalue weighted by Gasteiger charge is 2.01. The Morgan fingerprint density at radius 3 is 2.82 bits per heavy atom. The van der Waals surface area contributed by atoms with Gasteiger partial charge >= 0.3 is 5.97 Å². The molecular weight excluding hydrogens is 142 g/mol. The van der Waals surface area contributed by atoms with Crippen LogP contribution in [-0.4, -0.2) is 11.1 Å². The Morgan fingerprint density at radius 2 is 2.27 bits per heavy atom. The van der Waals surface area contributed by atoms with Crippen LogP contribution in [0.15, 0.2) is 24.3 Å². The number of carboxylic acids is 1. The molecule has 1 aromatic rings. The fourth-order valence-electron chi connectivity index (χ4n) is 0.814. The van der Waals surface area contributed by atoms with Crippen molar-refractivity contribution in [3.05, 3.63) is 35.4 Å². The summed E-state index contributed by atoms with van der Waals surface area (Å²) in [6, 6.07) is 6.41. The van der Waals surface area contributed by atoms with Gasteiger partial charge in [-0.05, 0) is 17.7 Å². The molecule has 0 aliphatic heterocycles. The van der Waals surface area contributed by atoms with Crippen molar-refractivity contribution in [2.45, 2.75) is 6.54 Å². The highest BCUT2D eigenvalue weighted by molar-refractivity contribution is 5.87. The molecule has 3 heteroatoms. The van der Waals surface area contributed by atoms with Gasteiger partial charge in [0.2, 0.25) is 0 Å².